The highest BCUT2D eigenvalue weighted by molar-refractivity contribution is 6.32. The van der Waals surface area contributed by atoms with Crippen LogP contribution >= 0.6 is 11.6 Å². The molecule has 3 nitrogen and oxygen atoms in total. The largest absolute Gasteiger partial charge is 0.309 e. The molecule has 1 N–H and O–H groups in total. The number of nitrogens with zero attached hydrogens (tertiary/aromatic N) is 2. The second-order valence-electron chi connectivity index (χ2n) is 4.26. The maximum absolute atomic E-state index is 6.13. The first-order valence-corrected chi connectivity index (χ1v) is 6.06. The second kappa shape index (κ2) is 5.34. The van der Waals surface area contributed by atoms with Crippen molar-refractivity contribution in [3.63, 3.8) is 0 Å². The summed E-state index contributed by atoms with van der Waals surface area (Å²) in [5, 5.41) is 4.06. The fourth-order valence-corrected chi connectivity index (χ4v) is 1.79. The minimum absolute atomic E-state index is 0.459. The Morgan fingerprint density at radius 3 is 2.82 bits per heavy atom. The molecule has 0 aliphatic heterocycles. The standard InChI is InChI=1S/C13H16ClN3/c1-10(2)15-7-11-8-17(9-16-11)13-6-4-3-5-12(13)14/h3-6,8-10,15H,7H2,1-2H3. The van der Waals surface area contributed by atoms with E-state index in [0.717, 1.165) is 22.9 Å². The van der Waals surface area contributed by atoms with Crippen LogP contribution in [0.1, 0.15) is 19.5 Å². The predicted molar refractivity (Wildman–Crippen MR) is 70.5 cm³/mol. The minimum atomic E-state index is 0.459. The van der Waals surface area contributed by atoms with Crippen molar-refractivity contribution in [3.8, 4) is 5.69 Å². The summed E-state index contributed by atoms with van der Waals surface area (Å²) in [4.78, 5) is 4.35. The van der Waals surface area contributed by atoms with Gasteiger partial charge in [0.05, 0.1) is 22.7 Å². The lowest BCUT2D eigenvalue weighted by Gasteiger charge is -2.05. The molecule has 0 amide bonds. The molecular formula is C13H16ClN3. The number of hydrogen-bond donors (Lipinski definition) is 1. The molecule has 0 aliphatic rings. The van der Waals surface area contributed by atoms with E-state index in [9.17, 15) is 0 Å². The molecule has 0 unspecified atom stereocenters. The number of benzene rings is 1. The van der Waals surface area contributed by atoms with Gasteiger partial charge in [-0.15, -0.1) is 0 Å². The molecule has 2 aromatic rings. The molecule has 4 heteroatoms. The Kier molecular flexibility index (Phi) is 3.82. The van der Waals surface area contributed by atoms with Crippen molar-refractivity contribution in [2.45, 2.75) is 26.4 Å². The number of halogens is 1. The van der Waals surface area contributed by atoms with Gasteiger partial charge in [-0.2, -0.15) is 0 Å². The van der Waals surface area contributed by atoms with E-state index in [-0.39, 0.29) is 0 Å². The summed E-state index contributed by atoms with van der Waals surface area (Å²) in [6.07, 6.45) is 3.79. The molecule has 0 radical (unpaired) electrons. The third-order valence-electron chi connectivity index (χ3n) is 2.46. The van der Waals surface area contributed by atoms with E-state index in [2.05, 4.69) is 24.1 Å². The van der Waals surface area contributed by atoms with E-state index < -0.39 is 0 Å². The number of nitrogens with one attached hydrogen (secondary N) is 1. The quantitative estimate of drug-likeness (QED) is 0.903. The van der Waals surface area contributed by atoms with Crippen LogP contribution in [0, 0.1) is 0 Å². The lowest BCUT2D eigenvalue weighted by Crippen LogP contribution is -2.21. The molecule has 0 aliphatic carbocycles. The zero-order chi connectivity index (χ0) is 12.3. The van der Waals surface area contributed by atoms with Gasteiger partial charge in [-0.05, 0) is 12.1 Å². The summed E-state index contributed by atoms with van der Waals surface area (Å²) in [6, 6.07) is 8.20. The van der Waals surface area contributed by atoms with Crippen molar-refractivity contribution in [2.75, 3.05) is 0 Å². The van der Waals surface area contributed by atoms with E-state index in [1.165, 1.54) is 0 Å². The Balaban J connectivity index is 2.16. The number of rotatable bonds is 4. The smallest absolute Gasteiger partial charge is 0.0996 e. The molecule has 1 aromatic heterocycles. The summed E-state index contributed by atoms with van der Waals surface area (Å²) >= 11 is 6.13. The van der Waals surface area contributed by atoms with Gasteiger partial charge in [0.25, 0.3) is 0 Å². The van der Waals surface area contributed by atoms with Crippen LogP contribution in [0.3, 0.4) is 0 Å². The second-order valence-corrected chi connectivity index (χ2v) is 4.67. The Bertz CT molecular complexity index is 491. The molecule has 1 heterocycles. The van der Waals surface area contributed by atoms with Gasteiger partial charge in [0, 0.05) is 18.8 Å². The zero-order valence-corrected chi connectivity index (χ0v) is 10.8. The average Bonchev–Trinajstić information content (AvgIpc) is 2.75. The highest BCUT2D eigenvalue weighted by Crippen LogP contribution is 2.19. The SMILES string of the molecule is CC(C)NCc1cn(-c2ccccc2Cl)cn1. The van der Waals surface area contributed by atoms with E-state index >= 15 is 0 Å². The summed E-state index contributed by atoms with van der Waals surface area (Å²) in [7, 11) is 0. The van der Waals surface area contributed by atoms with Gasteiger partial charge in [0.15, 0.2) is 0 Å². The van der Waals surface area contributed by atoms with Crippen LogP contribution < -0.4 is 5.32 Å². The Hall–Kier alpha value is -1.32. The lowest BCUT2D eigenvalue weighted by atomic mass is 10.3. The molecule has 2 rings (SSSR count). The molecule has 0 atom stereocenters. The Morgan fingerprint density at radius 1 is 1.35 bits per heavy atom. The summed E-state index contributed by atoms with van der Waals surface area (Å²) < 4.78 is 1.94. The van der Waals surface area contributed by atoms with Crippen molar-refractivity contribution >= 4 is 11.6 Å². The van der Waals surface area contributed by atoms with E-state index in [1.807, 2.05) is 35.0 Å². The third-order valence-corrected chi connectivity index (χ3v) is 2.78. The maximum Gasteiger partial charge on any atom is 0.0996 e. The van der Waals surface area contributed by atoms with Gasteiger partial charge in [-0.1, -0.05) is 37.6 Å². The Morgan fingerprint density at radius 2 is 2.12 bits per heavy atom. The van der Waals surface area contributed by atoms with E-state index in [4.69, 9.17) is 11.6 Å². The van der Waals surface area contributed by atoms with Crippen LogP contribution in [-0.4, -0.2) is 15.6 Å². The first-order chi connectivity index (χ1) is 8.16. The number of para-hydroxylation sites is 1. The van der Waals surface area contributed by atoms with Crippen LogP contribution in [0.2, 0.25) is 5.02 Å². The van der Waals surface area contributed by atoms with Crippen LogP contribution in [0.25, 0.3) is 5.69 Å². The zero-order valence-electron chi connectivity index (χ0n) is 10.0. The summed E-state index contributed by atoms with van der Waals surface area (Å²) in [5.41, 5.74) is 1.97. The van der Waals surface area contributed by atoms with Gasteiger partial charge in [0.1, 0.15) is 0 Å². The fraction of sp³-hybridized carbons (Fsp3) is 0.308. The molecule has 90 valence electrons. The molecule has 0 spiro atoms. The van der Waals surface area contributed by atoms with Gasteiger partial charge in [0.2, 0.25) is 0 Å². The first-order valence-electron chi connectivity index (χ1n) is 5.68. The van der Waals surface area contributed by atoms with Crippen LogP contribution in [0.15, 0.2) is 36.8 Å². The Labute approximate surface area is 106 Å². The molecule has 1 aromatic carbocycles. The van der Waals surface area contributed by atoms with Gasteiger partial charge >= 0.3 is 0 Å². The van der Waals surface area contributed by atoms with Gasteiger partial charge in [-0.25, -0.2) is 4.98 Å². The van der Waals surface area contributed by atoms with Crippen LogP contribution in [-0.2, 0) is 6.54 Å². The van der Waals surface area contributed by atoms with Crippen molar-refractivity contribution < 1.29 is 0 Å². The van der Waals surface area contributed by atoms with Gasteiger partial charge < -0.3 is 9.88 Å². The molecule has 0 saturated carbocycles. The van der Waals surface area contributed by atoms with Crippen molar-refractivity contribution in [1.82, 2.24) is 14.9 Å². The average molecular weight is 250 g/mol. The van der Waals surface area contributed by atoms with Crippen molar-refractivity contribution in [1.29, 1.82) is 0 Å². The number of aromatic nitrogens is 2. The van der Waals surface area contributed by atoms with Crippen LogP contribution in [0.5, 0.6) is 0 Å². The topological polar surface area (TPSA) is 29.9 Å². The number of hydrogen-bond acceptors (Lipinski definition) is 2. The summed E-state index contributed by atoms with van der Waals surface area (Å²) in [5.74, 6) is 0. The molecule has 0 saturated heterocycles. The highest BCUT2D eigenvalue weighted by Gasteiger charge is 2.04. The molecular weight excluding hydrogens is 234 g/mol. The monoisotopic (exact) mass is 249 g/mol. The summed E-state index contributed by atoms with van der Waals surface area (Å²) in [6.45, 7) is 5.01. The minimum Gasteiger partial charge on any atom is -0.309 e. The van der Waals surface area contributed by atoms with Crippen LogP contribution in [0.4, 0.5) is 0 Å². The van der Waals surface area contributed by atoms with Crippen molar-refractivity contribution in [3.05, 3.63) is 47.5 Å². The molecule has 0 bridgehead atoms. The van der Waals surface area contributed by atoms with E-state index in [1.54, 1.807) is 6.33 Å². The molecule has 0 fully saturated rings. The first kappa shape index (κ1) is 12.1. The molecule has 17 heavy (non-hydrogen) atoms. The number of imidazole rings is 1. The van der Waals surface area contributed by atoms with Gasteiger partial charge in [-0.3, -0.25) is 0 Å². The normalized spacial score (nSPS) is 11.1. The fourth-order valence-electron chi connectivity index (χ4n) is 1.56. The predicted octanol–water partition coefficient (Wildman–Crippen LogP) is 3.02. The van der Waals surface area contributed by atoms with Crippen molar-refractivity contribution in [2.24, 2.45) is 0 Å². The maximum atomic E-state index is 6.13. The highest BCUT2D eigenvalue weighted by atomic mass is 35.5. The lowest BCUT2D eigenvalue weighted by molar-refractivity contribution is 0.582. The van der Waals surface area contributed by atoms with E-state index in [0.29, 0.717) is 6.04 Å². The third kappa shape index (κ3) is 3.08.